The highest BCUT2D eigenvalue weighted by Crippen LogP contribution is 2.32. The maximum atomic E-state index is 12.5. The van der Waals surface area contributed by atoms with E-state index >= 15 is 0 Å². The first-order valence-electron chi connectivity index (χ1n) is 15.4. The van der Waals surface area contributed by atoms with Crippen LogP contribution in [0.25, 0.3) is 22.3 Å². The molecule has 0 atom stereocenters. The number of hydrogen-bond donors (Lipinski definition) is 0. The number of carbonyl (C=O) groups excluding carboxylic acids is 2. The molecule has 0 N–H and O–H groups in total. The minimum atomic E-state index is -0.774. The first-order chi connectivity index (χ1) is 22.4. The SMILES string of the molecule is O=C(/C=C/C(=O)Oc1ccc(-c2cncc(CN3CCCC3)c2)cc1Cl)Oc1ccc(-c2cncc(CN3CCCC3)c2)cc1Cl. The van der Waals surface area contributed by atoms with Crippen molar-refractivity contribution in [2.24, 2.45) is 0 Å². The predicted octanol–water partition coefficient (Wildman–Crippen LogP) is 7.38. The van der Waals surface area contributed by atoms with Gasteiger partial charge < -0.3 is 9.47 Å². The molecule has 4 heterocycles. The number of esters is 2. The Morgan fingerprint density at radius 2 is 1.02 bits per heavy atom. The number of benzene rings is 2. The van der Waals surface area contributed by atoms with E-state index in [9.17, 15) is 9.59 Å². The second-order valence-corrected chi connectivity index (χ2v) is 12.4. The van der Waals surface area contributed by atoms with Gasteiger partial charge in [-0.25, -0.2) is 9.59 Å². The van der Waals surface area contributed by atoms with Crippen molar-refractivity contribution in [3.63, 3.8) is 0 Å². The van der Waals surface area contributed by atoms with E-state index in [1.165, 1.54) is 25.7 Å². The minimum absolute atomic E-state index is 0.173. The number of pyridine rings is 2. The van der Waals surface area contributed by atoms with E-state index in [-0.39, 0.29) is 21.5 Å². The molecule has 46 heavy (non-hydrogen) atoms. The third-order valence-electron chi connectivity index (χ3n) is 8.11. The monoisotopic (exact) mass is 656 g/mol. The van der Waals surface area contributed by atoms with Crippen LogP contribution >= 0.6 is 23.2 Å². The molecule has 0 spiro atoms. The fraction of sp³-hybridized carbons (Fsp3) is 0.278. The largest absolute Gasteiger partial charge is 0.422 e. The number of rotatable bonds is 10. The summed E-state index contributed by atoms with van der Waals surface area (Å²) in [6.07, 6.45) is 14.2. The number of ether oxygens (including phenoxy) is 2. The van der Waals surface area contributed by atoms with Crippen LogP contribution in [0, 0.1) is 0 Å². The standard InChI is InChI=1S/C36H34Cl2N4O4/c37-31-17-27(29-15-25(19-39-21-29)23-41-11-1-2-12-41)5-7-33(31)45-35(43)9-10-36(44)46-34-8-6-28(18-32(34)38)30-16-26(20-40-22-30)24-42-13-3-4-14-42/h5-10,15-22H,1-4,11-14,23-24H2/b10-9+. The smallest absolute Gasteiger partial charge is 0.336 e. The van der Waals surface area contributed by atoms with Gasteiger partial charge in [0.15, 0.2) is 0 Å². The third-order valence-corrected chi connectivity index (χ3v) is 8.70. The van der Waals surface area contributed by atoms with Crippen molar-refractivity contribution in [1.29, 1.82) is 0 Å². The van der Waals surface area contributed by atoms with Crippen molar-refractivity contribution >= 4 is 35.1 Å². The van der Waals surface area contributed by atoms with Crippen molar-refractivity contribution < 1.29 is 19.1 Å². The molecule has 2 aromatic carbocycles. The average molecular weight is 658 g/mol. The summed E-state index contributed by atoms with van der Waals surface area (Å²) in [7, 11) is 0. The Kier molecular flexibility index (Phi) is 10.4. The van der Waals surface area contributed by atoms with E-state index in [0.29, 0.717) is 0 Å². The molecule has 0 saturated carbocycles. The number of aromatic nitrogens is 2. The van der Waals surface area contributed by atoms with Crippen LogP contribution < -0.4 is 9.47 Å². The molecule has 2 saturated heterocycles. The molecule has 2 aliphatic heterocycles. The maximum absolute atomic E-state index is 12.5. The molecule has 0 bridgehead atoms. The van der Waals surface area contributed by atoms with Gasteiger partial charge in [0.2, 0.25) is 0 Å². The van der Waals surface area contributed by atoms with Gasteiger partial charge in [-0.3, -0.25) is 19.8 Å². The van der Waals surface area contributed by atoms with Gasteiger partial charge in [-0.1, -0.05) is 35.3 Å². The van der Waals surface area contributed by atoms with Gasteiger partial charge in [-0.2, -0.15) is 0 Å². The van der Waals surface area contributed by atoms with E-state index in [0.717, 1.165) is 84.8 Å². The van der Waals surface area contributed by atoms with Gasteiger partial charge in [0.25, 0.3) is 0 Å². The maximum Gasteiger partial charge on any atom is 0.336 e. The summed E-state index contributed by atoms with van der Waals surface area (Å²) >= 11 is 12.9. The molecular formula is C36H34Cl2N4O4. The first kappa shape index (κ1) is 31.9. The number of carbonyl (C=O) groups is 2. The molecule has 0 aliphatic carbocycles. The van der Waals surface area contributed by atoms with E-state index < -0.39 is 11.9 Å². The number of likely N-dealkylation sites (tertiary alicyclic amines) is 2. The summed E-state index contributed by atoms with van der Waals surface area (Å²) in [4.78, 5) is 38.6. The van der Waals surface area contributed by atoms with Gasteiger partial charge >= 0.3 is 11.9 Å². The molecule has 2 fully saturated rings. The Balaban J connectivity index is 1.03. The Morgan fingerprint density at radius 1 is 0.609 bits per heavy atom. The molecule has 8 nitrogen and oxygen atoms in total. The van der Waals surface area contributed by atoms with Crippen LogP contribution in [-0.2, 0) is 22.7 Å². The first-order valence-corrected chi connectivity index (χ1v) is 16.2. The van der Waals surface area contributed by atoms with E-state index in [2.05, 4.69) is 31.9 Å². The van der Waals surface area contributed by atoms with Crippen molar-refractivity contribution in [3.8, 4) is 33.8 Å². The molecule has 4 aromatic rings. The van der Waals surface area contributed by atoms with Crippen LogP contribution in [0.1, 0.15) is 36.8 Å². The van der Waals surface area contributed by atoms with Gasteiger partial charge in [0.1, 0.15) is 11.5 Å². The van der Waals surface area contributed by atoms with Crippen LogP contribution in [0.3, 0.4) is 0 Å². The lowest BCUT2D eigenvalue weighted by molar-refractivity contribution is -0.131. The summed E-state index contributed by atoms with van der Waals surface area (Å²) in [5, 5.41) is 0.519. The summed E-state index contributed by atoms with van der Waals surface area (Å²) < 4.78 is 10.7. The summed E-state index contributed by atoms with van der Waals surface area (Å²) in [5.74, 6) is -1.20. The molecule has 2 aliphatic rings. The molecule has 236 valence electrons. The van der Waals surface area contributed by atoms with E-state index in [4.69, 9.17) is 32.7 Å². The lowest BCUT2D eigenvalue weighted by Gasteiger charge is -2.15. The molecule has 0 unspecified atom stereocenters. The van der Waals surface area contributed by atoms with Crippen LogP contribution in [0.4, 0.5) is 0 Å². The molecule has 0 radical (unpaired) electrons. The van der Waals surface area contributed by atoms with Crippen molar-refractivity contribution in [2.75, 3.05) is 26.2 Å². The van der Waals surface area contributed by atoms with Crippen molar-refractivity contribution in [2.45, 2.75) is 38.8 Å². The zero-order valence-electron chi connectivity index (χ0n) is 25.3. The van der Waals surface area contributed by atoms with Crippen molar-refractivity contribution in [1.82, 2.24) is 19.8 Å². The fourth-order valence-corrected chi connectivity index (χ4v) is 6.25. The second-order valence-electron chi connectivity index (χ2n) is 11.6. The molecular weight excluding hydrogens is 623 g/mol. The van der Waals surface area contributed by atoms with Gasteiger partial charge in [0.05, 0.1) is 10.0 Å². The summed E-state index contributed by atoms with van der Waals surface area (Å²) in [6.45, 7) is 6.15. The molecule has 0 amide bonds. The molecule has 6 rings (SSSR count). The third kappa shape index (κ3) is 8.39. The van der Waals surface area contributed by atoms with Gasteiger partial charge in [0, 0.05) is 61.2 Å². The van der Waals surface area contributed by atoms with E-state index in [1.807, 2.05) is 24.5 Å². The average Bonchev–Trinajstić information content (AvgIpc) is 3.77. The topological polar surface area (TPSA) is 84.9 Å². The molecule has 2 aromatic heterocycles. The normalized spacial score (nSPS) is 15.4. The Labute approximate surface area is 278 Å². The van der Waals surface area contributed by atoms with Crippen LogP contribution in [-0.4, -0.2) is 57.9 Å². The highest BCUT2D eigenvalue weighted by molar-refractivity contribution is 6.33. The Bertz CT molecular complexity index is 1620. The quantitative estimate of drug-likeness (QED) is 0.0993. The summed E-state index contributed by atoms with van der Waals surface area (Å²) in [6, 6.07) is 14.5. The van der Waals surface area contributed by atoms with Crippen LogP contribution in [0.15, 0.2) is 85.5 Å². The summed E-state index contributed by atoms with van der Waals surface area (Å²) in [5.41, 5.74) is 5.83. The Hall–Kier alpha value is -4.08. The number of hydrogen-bond acceptors (Lipinski definition) is 8. The number of nitrogens with zero attached hydrogens (tertiary/aromatic N) is 4. The lowest BCUT2D eigenvalue weighted by atomic mass is 10.1. The zero-order chi connectivity index (χ0) is 31.9. The van der Waals surface area contributed by atoms with Gasteiger partial charge in [-0.05, 0) is 111 Å². The Morgan fingerprint density at radius 3 is 1.41 bits per heavy atom. The minimum Gasteiger partial charge on any atom is -0.422 e. The lowest BCUT2D eigenvalue weighted by Crippen LogP contribution is -2.18. The van der Waals surface area contributed by atoms with E-state index in [1.54, 1.807) is 36.7 Å². The van der Waals surface area contributed by atoms with Crippen LogP contribution in [0.5, 0.6) is 11.5 Å². The van der Waals surface area contributed by atoms with Crippen molar-refractivity contribution in [3.05, 3.63) is 107 Å². The highest BCUT2D eigenvalue weighted by atomic mass is 35.5. The molecule has 10 heteroatoms. The number of halogens is 2. The predicted molar refractivity (Wildman–Crippen MR) is 179 cm³/mol. The highest BCUT2D eigenvalue weighted by Gasteiger charge is 2.15. The van der Waals surface area contributed by atoms with Crippen LogP contribution in [0.2, 0.25) is 10.0 Å². The fourth-order valence-electron chi connectivity index (χ4n) is 5.81. The zero-order valence-corrected chi connectivity index (χ0v) is 26.8. The second kappa shape index (κ2) is 15.0. The van der Waals surface area contributed by atoms with Gasteiger partial charge in [-0.15, -0.1) is 0 Å².